The van der Waals surface area contributed by atoms with Crippen LogP contribution in [-0.2, 0) is 20.9 Å². The maximum Gasteiger partial charge on any atom is 0.326 e. The Hall–Kier alpha value is -2.90. The van der Waals surface area contributed by atoms with Crippen molar-refractivity contribution in [3.8, 4) is 0 Å². The van der Waals surface area contributed by atoms with Crippen LogP contribution in [0.25, 0.3) is 17.0 Å². The minimum absolute atomic E-state index is 0.161. The van der Waals surface area contributed by atoms with Crippen LogP contribution < -0.4 is 0 Å². The van der Waals surface area contributed by atoms with Gasteiger partial charge in [-0.05, 0) is 24.6 Å². The van der Waals surface area contributed by atoms with E-state index in [2.05, 4.69) is 29.0 Å². The van der Waals surface area contributed by atoms with Crippen molar-refractivity contribution in [2.45, 2.75) is 13.5 Å². The van der Waals surface area contributed by atoms with Crippen molar-refractivity contribution in [2.75, 3.05) is 13.2 Å². The van der Waals surface area contributed by atoms with Crippen LogP contribution in [0.5, 0.6) is 0 Å². The molecule has 0 atom stereocenters. The first-order valence-electron chi connectivity index (χ1n) is 9.59. The van der Waals surface area contributed by atoms with Crippen molar-refractivity contribution in [2.24, 2.45) is 0 Å². The lowest BCUT2D eigenvalue weighted by Gasteiger charge is -2.12. The van der Waals surface area contributed by atoms with E-state index in [9.17, 15) is 9.59 Å². The van der Waals surface area contributed by atoms with Crippen LogP contribution in [0.15, 0.2) is 65.7 Å². The van der Waals surface area contributed by atoms with Crippen LogP contribution in [0, 0.1) is 0 Å². The van der Waals surface area contributed by atoms with Gasteiger partial charge < -0.3 is 9.30 Å². The van der Waals surface area contributed by atoms with Gasteiger partial charge in [-0.1, -0.05) is 72.5 Å². The summed E-state index contributed by atoms with van der Waals surface area (Å²) >= 11 is 6.53. The molecule has 0 radical (unpaired) electrons. The molecule has 7 heteroatoms. The van der Waals surface area contributed by atoms with Crippen LogP contribution in [0.3, 0.4) is 0 Å². The Labute approximate surface area is 184 Å². The van der Waals surface area contributed by atoms with Gasteiger partial charge in [-0.2, -0.15) is 0 Å². The highest BCUT2D eigenvalue weighted by Crippen LogP contribution is 2.34. The summed E-state index contributed by atoms with van der Waals surface area (Å²) in [5, 5.41) is 1.06. The molecule has 2 aromatic carbocycles. The number of esters is 1. The average Bonchev–Trinajstić information content (AvgIpc) is 3.21. The van der Waals surface area contributed by atoms with Crippen molar-refractivity contribution < 1.29 is 14.3 Å². The summed E-state index contributed by atoms with van der Waals surface area (Å²) in [7, 11) is 0. The predicted octanol–water partition coefficient (Wildman–Crippen LogP) is 4.45. The van der Waals surface area contributed by atoms with Gasteiger partial charge >= 0.3 is 5.97 Å². The summed E-state index contributed by atoms with van der Waals surface area (Å²) in [6.45, 7) is 2.57. The molecule has 0 aliphatic carbocycles. The summed E-state index contributed by atoms with van der Waals surface area (Å²) in [6.07, 6.45) is 3.91. The third-order valence-electron chi connectivity index (χ3n) is 4.77. The second-order valence-corrected chi connectivity index (χ2v) is 8.46. The van der Waals surface area contributed by atoms with Crippen molar-refractivity contribution >= 4 is 57.2 Å². The number of para-hydroxylation sites is 1. The standard InChI is InChI=1S/C23H20N2O3S2/c1-2-28-21(26)15-25-22(27)20(30-23(25)29)12-17-14-24(13-16-8-4-3-5-9-16)19-11-7-6-10-18(17)19/h3-12,14H,2,13,15H2,1H3/b20-12+. The number of carbonyl (C=O) groups is 2. The Kier molecular flexibility index (Phi) is 6.01. The highest BCUT2D eigenvalue weighted by atomic mass is 32.2. The van der Waals surface area contributed by atoms with E-state index in [1.54, 1.807) is 6.92 Å². The van der Waals surface area contributed by atoms with Gasteiger partial charge in [0.05, 0.1) is 11.5 Å². The topological polar surface area (TPSA) is 51.5 Å². The number of benzene rings is 2. The highest BCUT2D eigenvalue weighted by Gasteiger charge is 2.34. The Bertz CT molecular complexity index is 1150. The van der Waals surface area contributed by atoms with Crippen LogP contribution >= 0.6 is 24.0 Å². The van der Waals surface area contributed by atoms with E-state index in [-0.39, 0.29) is 19.1 Å². The first-order chi connectivity index (χ1) is 14.6. The summed E-state index contributed by atoms with van der Waals surface area (Å²) in [5.41, 5.74) is 3.23. The molecule has 30 heavy (non-hydrogen) atoms. The Morgan fingerprint density at radius 3 is 2.63 bits per heavy atom. The number of ether oxygens (including phenoxy) is 1. The van der Waals surface area contributed by atoms with Crippen LogP contribution in [0.2, 0.25) is 0 Å². The Morgan fingerprint density at radius 2 is 1.87 bits per heavy atom. The molecule has 1 aliphatic rings. The number of thioether (sulfide) groups is 1. The molecular formula is C23H20N2O3S2. The molecule has 0 saturated carbocycles. The molecule has 1 aromatic heterocycles. The summed E-state index contributed by atoms with van der Waals surface area (Å²) in [5.74, 6) is -0.729. The molecule has 4 rings (SSSR count). The van der Waals surface area contributed by atoms with Crippen LogP contribution in [0.1, 0.15) is 18.1 Å². The third-order valence-corrected chi connectivity index (χ3v) is 6.15. The zero-order chi connectivity index (χ0) is 21.1. The second-order valence-electron chi connectivity index (χ2n) is 6.79. The van der Waals surface area contributed by atoms with E-state index < -0.39 is 5.97 Å². The van der Waals surface area contributed by atoms with Crippen LogP contribution in [0.4, 0.5) is 0 Å². The number of nitrogens with zero attached hydrogens (tertiary/aromatic N) is 2. The average molecular weight is 437 g/mol. The monoisotopic (exact) mass is 436 g/mol. The number of carbonyl (C=O) groups excluding carboxylic acids is 2. The third kappa shape index (κ3) is 4.17. The van der Waals surface area contributed by atoms with Crippen molar-refractivity contribution in [1.29, 1.82) is 0 Å². The second kappa shape index (κ2) is 8.85. The van der Waals surface area contributed by atoms with Crippen molar-refractivity contribution in [1.82, 2.24) is 9.47 Å². The molecule has 0 bridgehead atoms. The minimum atomic E-state index is -0.463. The maximum atomic E-state index is 12.8. The molecule has 0 spiro atoms. The molecule has 2 heterocycles. The number of hydrogen-bond acceptors (Lipinski definition) is 5. The molecule has 1 aliphatic heterocycles. The molecule has 1 amide bonds. The SMILES string of the molecule is CCOC(=O)CN1C(=O)/C(=C\c2cn(Cc3ccccc3)c3ccccc23)SC1=S. The summed E-state index contributed by atoms with van der Waals surface area (Å²) in [4.78, 5) is 26.4. The van der Waals surface area contributed by atoms with Crippen molar-refractivity contribution in [3.05, 3.63) is 76.8 Å². The minimum Gasteiger partial charge on any atom is -0.465 e. The maximum absolute atomic E-state index is 12.8. The lowest BCUT2D eigenvalue weighted by atomic mass is 10.1. The first kappa shape index (κ1) is 20.4. The van der Waals surface area contributed by atoms with Gasteiger partial charge in [0.15, 0.2) is 0 Å². The number of fused-ring (bicyclic) bond motifs is 1. The number of thiocarbonyl (C=S) groups is 1. The number of rotatable bonds is 6. The number of hydrogen-bond donors (Lipinski definition) is 0. The van der Waals surface area contributed by atoms with E-state index in [1.807, 2.05) is 42.5 Å². The lowest BCUT2D eigenvalue weighted by molar-refractivity contribution is -0.145. The van der Waals surface area contributed by atoms with E-state index in [4.69, 9.17) is 17.0 Å². The largest absolute Gasteiger partial charge is 0.465 e. The molecule has 1 saturated heterocycles. The molecule has 3 aromatic rings. The molecule has 0 unspecified atom stereocenters. The van der Waals surface area contributed by atoms with Gasteiger partial charge in [0.1, 0.15) is 10.9 Å². The van der Waals surface area contributed by atoms with Gasteiger partial charge in [0.2, 0.25) is 0 Å². The summed E-state index contributed by atoms with van der Waals surface area (Å²) in [6, 6.07) is 18.3. The fourth-order valence-corrected chi connectivity index (χ4v) is 4.66. The van der Waals surface area contributed by atoms with E-state index in [0.717, 1.165) is 23.0 Å². The zero-order valence-corrected chi connectivity index (χ0v) is 18.0. The van der Waals surface area contributed by atoms with E-state index in [0.29, 0.717) is 9.23 Å². The lowest BCUT2D eigenvalue weighted by Crippen LogP contribution is -2.34. The van der Waals surface area contributed by atoms with Gasteiger partial charge in [0, 0.05) is 29.2 Å². The molecule has 1 fully saturated rings. The molecule has 152 valence electrons. The summed E-state index contributed by atoms with van der Waals surface area (Å²) < 4.78 is 7.49. The number of amides is 1. The van der Waals surface area contributed by atoms with Crippen molar-refractivity contribution in [3.63, 3.8) is 0 Å². The smallest absolute Gasteiger partial charge is 0.326 e. The molecule has 5 nitrogen and oxygen atoms in total. The van der Waals surface area contributed by atoms with Gasteiger partial charge in [-0.15, -0.1) is 0 Å². The zero-order valence-electron chi connectivity index (χ0n) is 16.4. The highest BCUT2D eigenvalue weighted by molar-refractivity contribution is 8.26. The van der Waals surface area contributed by atoms with E-state index in [1.165, 1.54) is 22.2 Å². The van der Waals surface area contributed by atoms with Gasteiger partial charge in [-0.25, -0.2) is 0 Å². The normalized spacial score (nSPS) is 15.4. The van der Waals surface area contributed by atoms with Gasteiger partial charge in [-0.3, -0.25) is 14.5 Å². The van der Waals surface area contributed by atoms with Crippen LogP contribution in [-0.4, -0.2) is 38.8 Å². The Balaban J connectivity index is 1.65. The predicted molar refractivity (Wildman–Crippen MR) is 124 cm³/mol. The Morgan fingerprint density at radius 1 is 1.13 bits per heavy atom. The number of aromatic nitrogens is 1. The first-order valence-corrected chi connectivity index (χ1v) is 10.8. The fraction of sp³-hybridized carbons (Fsp3) is 0.174. The quantitative estimate of drug-likeness (QED) is 0.325. The fourth-order valence-electron chi connectivity index (χ4n) is 3.41. The van der Waals surface area contributed by atoms with E-state index >= 15 is 0 Å². The molecular weight excluding hydrogens is 416 g/mol. The van der Waals surface area contributed by atoms with Gasteiger partial charge in [0.25, 0.3) is 5.91 Å². The molecule has 0 N–H and O–H groups in total.